The standard InChI is InChI=1S/C8H13N3O/c1-7-11-6-8(12-7)10-5-3-4-9-2/h4,6,10H,3,5H2,1-2H3. The number of nitrogens with one attached hydrogen (secondary N) is 1. The highest BCUT2D eigenvalue weighted by atomic mass is 16.4. The molecule has 66 valence electrons. The van der Waals surface area contributed by atoms with Crippen LogP contribution in [-0.2, 0) is 0 Å². The molecular formula is C8H13N3O. The number of anilines is 1. The van der Waals surface area contributed by atoms with E-state index in [0.717, 1.165) is 18.8 Å². The summed E-state index contributed by atoms with van der Waals surface area (Å²) >= 11 is 0. The Labute approximate surface area is 71.7 Å². The third kappa shape index (κ3) is 2.74. The van der Waals surface area contributed by atoms with Gasteiger partial charge in [0.25, 0.3) is 0 Å². The molecule has 0 fully saturated rings. The van der Waals surface area contributed by atoms with Crippen molar-refractivity contribution < 1.29 is 4.42 Å². The van der Waals surface area contributed by atoms with Gasteiger partial charge in [0, 0.05) is 26.7 Å². The van der Waals surface area contributed by atoms with Gasteiger partial charge in [-0.25, -0.2) is 4.98 Å². The summed E-state index contributed by atoms with van der Waals surface area (Å²) in [6.45, 7) is 2.64. The first-order chi connectivity index (χ1) is 5.83. The second-order valence-corrected chi connectivity index (χ2v) is 2.40. The van der Waals surface area contributed by atoms with E-state index in [4.69, 9.17) is 4.42 Å². The smallest absolute Gasteiger partial charge is 0.213 e. The first-order valence-corrected chi connectivity index (χ1v) is 3.90. The lowest BCUT2D eigenvalue weighted by molar-refractivity contribution is 0.533. The predicted molar refractivity (Wildman–Crippen MR) is 48.8 cm³/mol. The summed E-state index contributed by atoms with van der Waals surface area (Å²) in [5.74, 6) is 1.40. The maximum absolute atomic E-state index is 5.20. The maximum Gasteiger partial charge on any atom is 0.213 e. The molecule has 0 saturated heterocycles. The van der Waals surface area contributed by atoms with Crippen LogP contribution in [0.5, 0.6) is 0 Å². The minimum absolute atomic E-state index is 0.682. The van der Waals surface area contributed by atoms with Crippen molar-refractivity contribution in [2.75, 3.05) is 18.9 Å². The van der Waals surface area contributed by atoms with Crippen molar-refractivity contribution in [2.45, 2.75) is 13.3 Å². The number of aryl methyl sites for hydroxylation is 1. The van der Waals surface area contributed by atoms with E-state index < -0.39 is 0 Å². The van der Waals surface area contributed by atoms with Crippen LogP contribution in [-0.4, -0.2) is 24.8 Å². The molecule has 0 unspecified atom stereocenters. The Bertz CT molecular complexity index is 255. The maximum atomic E-state index is 5.20. The zero-order valence-corrected chi connectivity index (χ0v) is 7.37. The first-order valence-electron chi connectivity index (χ1n) is 3.90. The van der Waals surface area contributed by atoms with Gasteiger partial charge in [0.2, 0.25) is 5.88 Å². The Balaban J connectivity index is 2.24. The molecule has 0 radical (unpaired) electrons. The molecule has 0 bridgehead atoms. The molecule has 1 rings (SSSR count). The van der Waals surface area contributed by atoms with Gasteiger partial charge in [-0.15, -0.1) is 0 Å². The highest BCUT2D eigenvalue weighted by Crippen LogP contribution is 2.07. The van der Waals surface area contributed by atoms with Crippen LogP contribution in [0.3, 0.4) is 0 Å². The van der Waals surface area contributed by atoms with Crippen molar-refractivity contribution in [3.05, 3.63) is 12.1 Å². The second kappa shape index (κ2) is 4.54. The molecule has 0 aromatic carbocycles. The van der Waals surface area contributed by atoms with Gasteiger partial charge < -0.3 is 14.7 Å². The lowest BCUT2D eigenvalue weighted by Gasteiger charge is -1.96. The summed E-state index contributed by atoms with van der Waals surface area (Å²) in [6, 6.07) is 0. The molecule has 4 nitrogen and oxygen atoms in total. The van der Waals surface area contributed by atoms with E-state index in [1.54, 1.807) is 13.2 Å². The number of aromatic nitrogens is 1. The number of hydrogen-bond donors (Lipinski definition) is 1. The van der Waals surface area contributed by atoms with Crippen LogP contribution in [0.15, 0.2) is 15.6 Å². The lowest BCUT2D eigenvalue weighted by Crippen LogP contribution is -2.00. The van der Waals surface area contributed by atoms with Crippen molar-refractivity contribution in [3.8, 4) is 0 Å². The molecule has 0 atom stereocenters. The molecule has 1 N–H and O–H groups in total. The Hall–Kier alpha value is -1.32. The number of oxazole rings is 1. The number of aliphatic imine (C=N–C) groups is 1. The van der Waals surface area contributed by atoms with Gasteiger partial charge in [0.15, 0.2) is 5.89 Å². The molecule has 0 spiro atoms. The third-order valence-corrected chi connectivity index (χ3v) is 1.38. The quantitative estimate of drug-likeness (QED) is 0.546. The minimum Gasteiger partial charge on any atom is -0.426 e. The van der Waals surface area contributed by atoms with E-state index >= 15 is 0 Å². The van der Waals surface area contributed by atoms with Crippen molar-refractivity contribution in [1.82, 2.24) is 4.98 Å². The van der Waals surface area contributed by atoms with Gasteiger partial charge in [-0.3, -0.25) is 0 Å². The summed E-state index contributed by atoms with van der Waals surface area (Å²) in [7, 11) is 1.76. The van der Waals surface area contributed by atoms with E-state index in [1.807, 2.05) is 13.1 Å². The van der Waals surface area contributed by atoms with E-state index in [0.29, 0.717) is 5.89 Å². The molecular weight excluding hydrogens is 154 g/mol. The largest absolute Gasteiger partial charge is 0.426 e. The first kappa shape index (κ1) is 8.77. The third-order valence-electron chi connectivity index (χ3n) is 1.38. The van der Waals surface area contributed by atoms with Gasteiger partial charge in [0.05, 0.1) is 6.20 Å². The normalized spacial score (nSPS) is 10.8. The predicted octanol–water partition coefficient (Wildman–Crippen LogP) is 1.49. The Morgan fingerprint density at radius 3 is 3.17 bits per heavy atom. The fourth-order valence-corrected chi connectivity index (χ4v) is 0.832. The van der Waals surface area contributed by atoms with Crippen LogP contribution in [0.4, 0.5) is 5.88 Å². The summed E-state index contributed by atoms with van der Waals surface area (Å²) in [5, 5.41) is 3.08. The number of nitrogens with zero attached hydrogens (tertiary/aromatic N) is 2. The summed E-state index contributed by atoms with van der Waals surface area (Å²) < 4.78 is 5.20. The van der Waals surface area contributed by atoms with Crippen LogP contribution in [0.25, 0.3) is 0 Å². The van der Waals surface area contributed by atoms with Crippen LogP contribution < -0.4 is 5.32 Å². The average Bonchev–Trinajstić information content (AvgIpc) is 2.45. The topological polar surface area (TPSA) is 50.4 Å². The molecule has 1 heterocycles. The van der Waals surface area contributed by atoms with Gasteiger partial charge in [-0.2, -0.15) is 0 Å². The molecule has 0 amide bonds. The van der Waals surface area contributed by atoms with Crippen molar-refractivity contribution in [1.29, 1.82) is 0 Å². The van der Waals surface area contributed by atoms with Gasteiger partial charge >= 0.3 is 0 Å². The van der Waals surface area contributed by atoms with Crippen molar-refractivity contribution in [3.63, 3.8) is 0 Å². The summed E-state index contributed by atoms with van der Waals surface area (Å²) in [4.78, 5) is 7.81. The lowest BCUT2D eigenvalue weighted by atomic mass is 10.4. The zero-order chi connectivity index (χ0) is 8.81. The van der Waals surface area contributed by atoms with Crippen LogP contribution in [0.1, 0.15) is 12.3 Å². The molecule has 0 aliphatic heterocycles. The zero-order valence-electron chi connectivity index (χ0n) is 7.37. The molecule has 4 heteroatoms. The van der Waals surface area contributed by atoms with Crippen LogP contribution in [0.2, 0.25) is 0 Å². The minimum atomic E-state index is 0.682. The highest BCUT2D eigenvalue weighted by Gasteiger charge is 1.95. The van der Waals surface area contributed by atoms with Gasteiger partial charge in [-0.1, -0.05) is 0 Å². The molecule has 1 aromatic rings. The number of rotatable bonds is 4. The van der Waals surface area contributed by atoms with Gasteiger partial charge in [-0.05, 0) is 6.42 Å². The monoisotopic (exact) mass is 167 g/mol. The molecule has 0 aliphatic carbocycles. The van der Waals surface area contributed by atoms with E-state index in [9.17, 15) is 0 Å². The molecule has 0 aliphatic rings. The van der Waals surface area contributed by atoms with E-state index in [2.05, 4.69) is 15.3 Å². The summed E-state index contributed by atoms with van der Waals surface area (Å²) in [6.07, 6.45) is 4.44. The van der Waals surface area contributed by atoms with Gasteiger partial charge in [0.1, 0.15) is 0 Å². The average molecular weight is 167 g/mol. The van der Waals surface area contributed by atoms with Crippen LogP contribution >= 0.6 is 0 Å². The van der Waals surface area contributed by atoms with Crippen LogP contribution in [0, 0.1) is 6.92 Å². The highest BCUT2D eigenvalue weighted by molar-refractivity contribution is 5.57. The number of hydrogen-bond acceptors (Lipinski definition) is 4. The van der Waals surface area contributed by atoms with E-state index in [1.165, 1.54) is 0 Å². The molecule has 12 heavy (non-hydrogen) atoms. The second-order valence-electron chi connectivity index (χ2n) is 2.40. The fraction of sp³-hybridized carbons (Fsp3) is 0.500. The molecule has 1 aromatic heterocycles. The SMILES string of the molecule is CN=CCCNc1cnc(C)o1. The fourth-order valence-electron chi connectivity index (χ4n) is 0.832. The van der Waals surface area contributed by atoms with E-state index in [-0.39, 0.29) is 0 Å². The Morgan fingerprint density at radius 2 is 2.58 bits per heavy atom. The van der Waals surface area contributed by atoms with Crippen molar-refractivity contribution >= 4 is 12.1 Å². The Morgan fingerprint density at radius 1 is 1.75 bits per heavy atom. The molecule has 0 saturated carbocycles. The van der Waals surface area contributed by atoms with Crippen molar-refractivity contribution in [2.24, 2.45) is 4.99 Å². The summed E-state index contributed by atoms with van der Waals surface area (Å²) in [5.41, 5.74) is 0. The Kier molecular flexibility index (Phi) is 3.32.